The van der Waals surface area contributed by atoms with E-state index in [0.717, 1.165) is 12.0 Å². The summed E-state index contributed by atoms with van der Waals surface area (Å²) in [7, 11) is 0. The molecule has 5 heteroatoms. The van der Waals surface area contributed by atoms with Crippen LogP contribution in [0, 0.1) is 0 Å². The van der Waals surface area contributed by atoms with Gasteiger partial charge in [-0.05, 0) is 41.3 Å². The highest BCUT2D eigenvalue weighted by Gasteiger charge is 2.24. The maximum atomic E-state index is 12.1. The molecule has 0 spiro atoms. The fraction of sp³-hybridized carbons (Fsp3) is 0.368. The number of benzene rings is 1. The molecule has 1 atom stereocenters. The van der Waals surface area contributed by atoms with Crippen molar-refractivity contribution in [1.29, 1.82) is 0 Å². The number of nitrogens with one attached hydrogen (secondary N) is 1. The van der Waals surface area contributed by atoms with Gasteiger partial charge in [0, 0.05) is 18.4 Å². The second kappa shape index (κ2) is 8.22. The molecule has 0 bridgehead atoms. The van der Waals surface area contributed by atoms with Crippen LogP contribution in [-0.4, -0.2) is 23.3 Å². The van der Waals surface area contributed by atoms with E-state index in [0.29, 0.717) is 5.56 Å². The van der Waals surface area contributed by atoms with Gasteiger partial charge in [0.25, 0.3) is 0 Å². The molecule has 0 aliphatic rings. The fourth-order valence-corrected chi connectivity index (χ4v) is 3.11. The van der Waals surface area contributed by atoms with Crippen molar-refractivity contribution in [2.75, 3.05) is 6.54 Å². The zero-order valence-corrected chi connectivity index (χ0v) is 14.9. The van der Waals surface area contributed by atoms with Gasteiger partial charge in [0.1, 0.15) is 5.60 Å². The first-order valence-corrected chi connectivity index (χ1v) is 9.00. The van der Waals surface area contributed by atoms with Gasteiger partial charge in [-0.3, -0.25) is 9.59 Å². The molecule has 24 heavy (non-hydrogen) atoms. The van der Waals surface area contributed by atoms with E-state index < -0.39 is 5.60 Å². The number of hydrogen-bond donors (Lipinski definition) is 2. The summed E-state index contributed by atoms with van der Waals surface area (Å²) in [6.45, 7) is 3.85. The number of amides is 1. The number of carbonyl (C=O) groups excluding carboxylic acids is 2. The summed E-state index contributed by atoms with van der Waals surface area (Å²) in [4.78, 5) is 24.0. The first-order chi connectivity index (χ1) is 11.4. The van der Waals surface area contributed by atoms with Crippen molar-refractivity contribution in [3.63, 3.8) is 0 Å². The van der Waals surface area contributed by atoms with Crippen LogP contribution in [0.3, 0.4) is 0 Å². The molecule has 2 aromatic rings. The van der Waals surface area contributed by atoms with Crippen molar-refractivity contribution >= 4 is 23.0 Å². The van der Waals surface area contributed by atoms with Gasteiger partial charge < -0.3 is 10.4 Å². The highest BCUT2D eigenvalue weighted by Crippen LogP contribution is 2.22. The fourth-order valence-electron chi connectivity index (χ4n) is 2.33. The van der Waals surface area contributed by atoms with Crippen LogP contribution in [0.5, 0.6) is 0 Å². The number of Topliss-reactive ketones (excluding diaryl/α,β-unsaturated/α-hetero) is 1. The average molecular weight is 345 g/mol. The molecule has 0 fully saturated rings. The topological polar surface area (TPSA) is 66.4 Å². The van der Waals surface area contributed by atoms with E-state index in [1.54, 1.807) is 19.1 Å². The Morgan fingerprint density at radius 1 is 1.17 bits per heavy atom. The summed E-state index contributed by atoms with van der Waals surface area (Å²) in [5.41, 5.74) is 1.49. The smallest absolute Gasteiger partial charge is 0.220 e. The van der Waals surface area contributed by atoms with Crippen molar-refractivity contribution < 1.29 is 14.7 Å². The van der Waals surface area contributed by atoms with Crippen molar-refractivity contribution in [3.05, 3.63) is 57.8 Å². The molecule has 4 nitrogen and oxygen atoms in total. The van der Waals surface area contributed by atoms with E-state index in [2.05, 4.69) is 12.2 Å². The quantitative estimate of drug-likeness (QED) is 0.722. The SMILES string of the molecule is CCc1ccc(C(=O)CCC(=O)NCC(C)(O)c2ccsc2)cc1. The molecule has 0 saturated carbocycles. The lowest BCUT2D eigenvalue weighted by Gasteiger charge is -2.22. The number of rotatable bonds is 8. The van der Waals surface area contributed by atoms with Crippen LogP contribution in [0.2, 0.25) is 0 Å². The molecule has 0 aliphatic heterocycles. The number of hydrogen-bond acceptors (Lipinski definition) is 4. The molecule has 2 rings (SSSR count). The van der Waals surface area contributed by atoms with Crippen molar-refractivity contribution in [3.8, 4) is 0 Å². The van der Waals surface area contributed by atoms with Crippen LogP contribution in [0.25, 0.3) is 0 Å². The number of carbonyl (C=O) groups is 2. The largest absolute Gasteiger partial charge is 0.384 e. The highest BCUT2D eigenvalue weighted by molar-refractivity contribution is 7.08. The molecular weight excluding hydrogens is 322 g/mol. The second-order valence-electron chi connectivity index (χ2n) is 6.04. The minimum absolute atomic E-state index is 0.0441. The predicted molar refractivity (Wildman–Crippen MR) is 96.3 cm³/mol. The Kier molecular flexibility index (Phi) is 6.29. The van der Waals surface area contributed by atoms with Gasteiger partial charge in [0.2, 0.25) is 5.91 Å². The standard InChI is InChI=1S/C19H23NO3S/c1-3-14-4-6-15(7-5-14)17(21)8-9-18(22)20-13-19(2,23)16-10-11-24-12-16/h4-7,10-12,23H,3,8-9,13H2,1-2H3,(H,20,22). The van der Waals surface area contributed by atoms with Crippen LogP contribution in [0.1, 0.15) is 48.2 Å². The number of thiophene rings is 1. The summed E-state index contributed by atoms with van der Waals surface area (Å²) < 4.78 is 0. The molecule has 1 unspecified atom stereocenters. The van der Waals surface area contributed by atoms with Gasteiger partial charge in [0.15, 0.2) is 5.78 Å². The molecular formula is C19H23NO3S. The number of aliphatic hydroxyl groups is 1. The van der Waals surface area contributed by atoms with Crippen molar-refractivity contribution in [2.24, 2.45) is 0 Å². The molecule has 2 N–H and O–H groups in total. The summed E-state index contributed by atoms with van der Waals surface area (Å²) in [6, 6.07) is 9.32. The third kappa shape index (κ3) is 5.01. The lowest BCUT2D eigenvalue weighted by Crippen LogP contribution is -2.38. The minimum Gasteiger partial charge on any atom is -0.384 e. The van der Waals surface area contributed by atoms with Gasteiger partial charge in [0.05, 0.1) is 6.54 Å². The summed E-state index contributed by atoms with van der Waals surface area (Å²) >= 11 is 1.50. The molecule has 1 amide bonds. The summed E-state index contributed by atoms with van der Waals surface area (Å²) in [6.07, 6.45) is 1.22. The maximum Gasteiger partial charge on any atom is 0.220 e. The third-order valence-corrected chi connectivity index (χ3v) is 4.72. The zero-order chi connectivity index (χ0) is 17.6. The molecule has 1 aromatic carbocycles. The van der Waals surface area contributed by atoms with E-state index in [1.165, 1.54) is 16.9 Å². The van der Waals surface area contributed by atoms with Gasteiger partial charge in [-0.1, -0.05) is 31.2 Å². The van der Waals surface area contributed by atoms with E-state index in [1.807, 2.05) is 29.0 Å². The van der Waals surface area contributed by atoms with Crippen LogP contribution < -0.4 is 5.32 Å². The van der Waals surface area contributed by atoms with Gasteiger partial charge in [-0.15, -0.1) is 0 Å². The molecule has 128 valence electrons. The van der Waals surface area contributed by atoms with Gasteiger partial charge in [-0.2, -0.15) is 11.3 Å². The van der Waals surface area contributed by atoms with Crippen LogP contribution in [0.4, 0.5) is 0 Å². The van der Waals surface area contributed by atoms with Crippen LogP contribution >= 0.6 is 11.3 Å². The molecule has 1 heterocycles. The average Bonchev–Trinajstić information content (AvgIpc) is 3.13. The molecule has 1 aromatic heterocycles. The van der Waals surface area contributed by atoms with Crippen molar-refractivity contribution in [1.82, 2.24) is 5.32 Å². The van der Waals surface area contributed by atoms with E-state index in [-0.39, 0.29) is 31.1 Å². The molecule has 0 saturated heterocycles. The van der Waals surface area contributed by atoms with Gasteiger partial charge >= 0.3 is 0 Å². The monoisotopic (exact) mass is 345 g/mol. The third-order valence-electron chi connectivity index (χ3n) is 4.04. The minimum atomic E-state index is -1.10. The van der Waals surface area contributed by atoms with Crippen molar-refractivity contribution in [2.45, 2.75) is 38.7 Å². The Hall–Kier alpha value is -1.98. The van der Waals surface area contributed by atoms with E-state index in [9.17, 15) is 14.7 Å². The molecule has 0 aliphatic carbocycles. The summed E-state index contributed by atoms with van der Waals surface area (Å²) in [5, 5.41) is 16.8. The second-order valence-corrected chi connectivity index (χ2v) is 6.82. The first-order valence-electron chi connectivity index (χ1n) is 8.06. The zero-order valence-electron chi connectivity index (χ0n) is 14.0. The Morgan fingerprint density at radius 3 is 2.46 bits per heavy atom. The lowest BCUT2D eigenvalue weighted by atomic mass is 9.99. The van der Waals surface area contributed by atoms with E-state index >= 15 is 0 Å². The Bertz CT molecular complexity index is 675. The maximum absolute atomic E-state index is 12.1. The number of ketones is 1. The van der Waals surface area contributed by atoms with Crippen LogP contribution in [-0.2, 0) is 16.8 Å². The normalized spacial score (nSPS) is 13.3. The highest BCUT2D eigenvalue weighted by atomic mass is 32.1. The Morgan fingerprint density at radius 2 is 1.88 bits per heavy atom. The van der Waals surface area contributed by atoms with Gasteiger partial charge in [-0.25, -0.2) is 0 Å². The van der Waals surface area contributed by atoms with Crippen LogP contribution in [0.15, 0.2) is 41.1 Å². The lowest BCUT2D eigenvalue weighted by molar-refractivity contribution is -0.122. The predicted octanol–water partition coefficient (Wildman–Crippen LogP) is 3.30. The Balaban J connectivity index is 1.79. The number of aryl methyl sites for hydroxylation is 1. The summed E-state index contributed by atoms with van der Waals surface area (Å²) in [5.74, 6) is -0.276. The Labute approximate surface area is 146 Å². The molecule has 0 radical (unpaired) electrons. The first kappa shape index (κ1) is 18.4. The van der Waals surface area contributed by atoms with E-state index in [4.69, 9.17) is 0 Å².